The van der Waals surface area contributed by atoms with Crippen molar-refractivity contribution < 1.29 is 17.5 Å². The highest BCUT2D eigenvalue weighted by molar-refractivity contribution is 7.90. The third-order valence-electron chi connectivity index (χ3n) is 4.28. The van der Waals surface area contributed by atoms with E-state index in [1.165, 1.54) is 17.5 Å². The molecule has 4 aromatic rings. The first-order valence-electron chi connectivity index (χ1n) is 8.48. The molecule has 4 rings (SSSR count). The van der Waals surface area contributed by atoms with Crippen LogP contribution in [0.4, 0.5) is 4.39 Å². The molecular weight excluding hydrogens is 435 g/mol. The maximum absolute atomic E-state index is 14.6. The summed E-state index contributed by atoms with van der Waals surface area (Å²) in [5, 5.41) is 3.97. The second kappa shape index (κ2) is 8.06. The number of rotatable bonds is 6. The Morgan fingerprint density at radius 1 is 1.17 bits per heavy atom. The molecule has 0 atom stereocenters. The average molecular weight is 449 g/mol. The summed E-state index contributed by atoms with van der Waals surface area (Å²) in [6.45, 7) is 0.132. The maximum Gasteiger partial charge on any atom is 0.187 e. The molecule has 9 heteroatoms. The molecule has 5 nitrogen and oxygen atoms in total. The van der Waals surface area contributed by atoms with Crippen molar-refractivity contribution in [1.82, 2.24) is 9.97 Å². The molecule has 0 radical (unpaired) electrons. The van der Waals surface area contributed by atoms with Gasteiger partial charge >= 0.3 is 0 Å². The highest BCUT2D eigenvalue weighted by atomic mass is 35.5. The molecular formula is C20H14ClFN2O3S2. The standard InChI is InChI=1S/C20H14ClFN2O3S2/c21-16-8-19(29(25,26)12-20-24-6-7-28-20)17(22)9-18(16)27-11-14-3-1-2-13-4-5-23-10-15(13)14/h1-10H,11-12H2. The van der Waals surface area contributed by atoms with Crippen molar-refractivity contribution in [3.8, 4) is 5.75 Å². The lowest BCUT2D eigenvalue weighted by molar-refractivity contribution is 0.305. The minimum atomic E-state index is -3.92. The third-order valence-corrected chi connectivity index (χ3v) is 7.17. The highest BCUT2D eigenvalue weighted by Crippen LogP contribution is 2.32. The van der Waals surface area contributed by atoms with E-state index >= 15 is 0 Å². The number of ether oxygens (including phenoxy) is 1. The summed E-state index contributed by atoms with van der Waals surface area (Å²) in [7, 11) is -3.92. The van der Waals surface area contributed by atoms with Gasteiger partial charge in [0.25, 0.3) is 0 Å². The van der Waals surface area contributed by atoms with Crippen LogP contribution in [0.15, 0.2) is 65.3 Å². The lowest BCUT2D eigenvalue weighted by Crippen LogP contribution is -2.08. The van der Waals surface area contributed by atoms with Gasteiger partial charge in [-0.2, -0.15) is 0 Å². The zero-order valence-electron chi connectivity index (χ0n) is 14.9. The molecule has 29 heavy (non-hydrogen) atoms. The summed E-state index contributed by atoms with van der Waals surface area (Å²) in [5.41, 5.74) is 0.854. The molecule has 2 heterocycles. The fraction of sp³-hybridized carbons (Fsp3) is 0.100. The largest absolute Gasteiger partial charge is 0.487 e. The van der Waals surface area contributed by atoms with Crippen LogP contribution in [0.2, 0.25) is 5.02 Å². The normalized spacial score (nSPS) is 11.7. The zero-order chi connectivity index (χ0) is 20.4. The van der Waals surface area contributed by atoms with E-state index in [1.807, 2.05) is 24.3 Å². The van der Waals surface area contributed by atoms with Crippen LogP contribution in [0.5, 0.6) is 5.75 Å². The summed E-state index contributed by atoms with van der Waals surface area (Å²) >= 11 is 7.38. The Kier molecular flexibility index (Phi) is 5.49. The van der Waals surface area contributed by atoms with Crippen LogP contribution in [0, 0.1) is 5.82 Å². The lowest BCUT2D eigenvalue weighted by atomic mass is 10.1. The van der Waals surface area contributed by atoms with Gasteiger partial charge in [-0.1, -0.05) is 29.8 Å². The molecule has 0 fully saturated rings. The smallest absolute Gasteiger partial charge is 0.187 e. The summed E-state index contributed by atoms with van der Waals surface area (Å²) in [5.74, 6) is -1.24. The monoisotopic (exact) mass is 448 g/mol. The Morgan fingerprint density at radius 2 is 2.03 bits per heavy atom. The number of hydrogen-bond acceptors (Lipinski definition) is 6. The van der Waals surface area contributed by atoms with Crippen molar-refractivity contribution in [3.05, 3.63) is 81.8 Å². The molecule has 0 amide bonds. The summed E-state index contributed by atoms with van der Waals surface area (Å²) in [6, 6.07) is 9.68. The molecule has 0 aliphatic carbocycles. The summed E-state index contributed by atoms with van der Waals surface area (Å²) < 4.78 is 45.3. The second-order valence-electron chi connectivity index (χ2n) is 6.20. The van der Waals surface area contributed by atoms with Gasteiger partial charge < -0.3 is 4.74 Å². The Hall–Kier alpha value is -2.55. The van der Waals surface area contributed by atoms with Gasteiger partial charge in [0.05, 0.1) is 5.02 Å². The van der Waals surface area contributed by atoms with Gasteiger partial charge in [0.15, 0.2) is 9.84 Å². The van der Waals surface area contributed by atoms with Gasteiger partial charge in [-0.15, -0.1) is 11.3 Å². The molecule has 0 aliphatic rings. The Morgan fingerprint density at radius 3 is 2.83 bits per heavy atom. The van der Waals surface area contributed by atoms with Crippen LogP contribution in [0.3, 0.4) is 0 Å². The summed E-state index contributed by atoms with van der Waals surface area (Å²) in [4.78, 5) is 7.58. The first-order chi connectivity index (χ1) is 13.9. The number of nitrogens with zero attached hydrogens (tertiary/aromatic N) is 2. The second-order valence-corrected chi connectivity index (χ2v) is 9.54. The van der Waals surface area contributed by atoms with Crippen LogP contribution in [0.1, 0.15) is 10.6 Å². The van der Waals surface area contributed by atoms with E-state index in [0.29, 0.717) is 5.01 Å². The Bertz CT molecular complexity index is 1270. The predicted octanol–water partition coefficient (Wildman–Crippen LogP) is 5.04. The van der Waals surface area contributed by atoms with Gasteiger partial charge in [0.1, 0.15) is 33.8 Å². The minimum absolute atomic E-state index is 0.0162. The first kappa shape index (κ1) is 19.8. The molecule has 2 aromatic carbocycles. The fourth-order valence-electron chi connectivity index (χ4n) is 2.88. The number of fused-ring (bicyclic) bond motifs is 1. The topological polar surface area (TPSA) is 69.2 Å². The van der Waals surface area contributed by atoms with Gasteiger partial charge in [0.2, 0.25) is 0 Å². The molecule has 0 N–H and O–H groups in total. The number of sulfone groups is 1. The predicted molar refractivity (Wildman–Crippen MR) is 110 cm³/mol. The number of pyridine rings is 1. The van der Waals surface area contributed by atoms with Crippen LogP contribution >= 0.6 is 22.9 Å². The highest BCUT2D eigenvalue weighted by Gasteiger charge is 2.23. The van der Waals surface area contributed by atoms with E-state index in [9.17, 15) is 12.8 Å². The number of aromatic nitrogens is 2. The lowest BCUT2D eigenvalue weighted by Gasteiger charge is -2.12. The molecule has 0 unspecified atom stereocenters. The van der Waals surface area contributed by atoms with E-state index in [4.69, 9.17) is 16.3 Å². The number of benzene rings is 2. The number of thiazole rings is 1. The van der Waals surface area contributed by atoms with E-state index in [2.05, 4.69) is 9.97 Å². The zero-order valence-corrected chi connectivity index (χ0v) is 17.3. The SMILES string of the molecule is O=S(=O)(Cc1nccs1)c1cc(Cl)c(OCc2cccc3ccncc23)cc1F. The molecule has 148 valence electrons. The summed E-state index contributed by atoms with van der Waals surface area (Å²) in [6.07, 6.45) is 4.92. The van der Waals surface area contributed by atoms with Crippen LogP contribution in [-0.2, 0) is 22.2 Å². The molecule has 0 saturated heterocycles. The first-order valence-corrected chi connectivity index (χ1v) is 11.4. The fourth-order valence-corrected chi connectivity index (χ4v) is 5.51. The van der Waals surface area contributed by atoms with E-state index in [1.54, 1.807) is 17.8 Å². The van der Waals surface area contributed by atoms with E-state index in [0.717, 1.165) is 28.5 Å². The third kappa shape index (κ3) is 4.24. The van der Waals surface area contributed by atoms with Crippen molar-refractivity contribution in [2.24, 2.45) is 0 Å². The minimum Gasteiger partial charge on any atom is -0.487 e. The maximum atomic E-state index is 14.6. The number of hydrogen-bond donors (Lipinski definition) is 0. The van der Waals surface area contributed by atoms with Gasteiger partial charge in [-0.3, -0.25) is 4.98 Å². The van der Waals surface area contributed by atoms with Gasteiger partial charge in [-0.05, 0) is 23.1 Å². The Labute approximate surface area is 175 Å². The molecule has 0 saturated carbocycles. The molecule has 0 bridgehead atoms. The van der Waals surface area contributed by atoms with Gasteiger partial charge in [-0.25, -0.2) is 17.8 Å². The van der Waals surface area contributed by atoms with Crippen LogP contribution in [-0.4, -0.2) is 18.4 Å². The van der Waals surface area contributed by atoms with Gasteiger partial charge in [0, 0.05) is 35.4 Å². The molecule has 2 aromatic heterocycles. The van der Waals surface area contributed by atoms with Crippen LogP contribution in [0.25, 0.3) is 10.8 Å². The van der Waals surface area contributed by atoms with Crippen molar-refractivity contribution in [1.29, 1.82) is 0 Å². The van der Waals surface area contributed by atoms with Crippen molar-refractivity contribution in [2.75, 3.05) is 0 Å². The quantitative estimate of drug-likeness (QED) is 0.413. The van der Waals surface area contributed by atoms with Crippen LogP contribution < -0.4 is 4.74 Å². The molecule has 0 spiro atoms. The van der Waals surface area contributed by atoms with Crippen molar-refractivity contribution >= 4 is 43.5 Å². The molecule has 0 aliphatic heterocycles. The van der Waals surface area contributed by atoms with Crippen molar-refractivity contribution in [2.45, 2.75) is 17.3 Å². The number of halogens is 2. The van der Waals surface area contributed by atoms with E-state index < -0.39 is 20.5 Å². The average Bonchev–Trinajstić information content (AvgIpc) is 3.20. The van der Waals surface area contributed by atoms with Crippen molar-refractivity contribution in [3.63, 3.8) is 0 Å². The van der Waals surface area contributed by atoms with E-state index in [-0.39, 0.29) is 23.1 Å². The Balaban J connectivity index is 1.59.